The van der Waals surface area contributed by atoms with Crippen LogP contribution in [0.2, 0.25) is 0 Å². The van der Waals surface area contributed by atoms with E-state index in [-0.39, 0.29) is 11.9 Å². The van der Waals surface area contributed by atoms with Gasteiger partial charge in [0, 0.05) is 31.3 Å². The maximum Gasteiger partial charge on any atom is 0.173 e. The van der Waals surface area contributed by atoms with Crippen LogP contribution in [0, 0.1) is 6.92 Å². The van der Waals surface area contributed by atoms with E-state index in [0.717, 1.165) is 49.8 Å². The van der Waals surface area contributed by atoms with Crippen molar-refractivity contribution in [3.05, 3.63) is 16.1 Å². The van der Waals surface area contributed by atoms with Crippen LogP contribution in [0.3, 0.4) is 0 Å². The zero-order valence-electron chi connectivity index (χ0n) is 11.2. The first kappa shape index (κ1) is 13.5. The van der Waals surface area contributed by atoms with Crippen molar-refractivity contribution in [3.63, 3.8) is 0 Å². The van der Waals surface area contributed by atoms with E-state index in [1.165, 1.54) is 0 Å². The Morgan fingerprint density at radius 3 is 3.05 bits per heavy atom. The van der Waals surface area contributed by atoms with Gasteiger partial charge in [-0.25, -0.2) is 4.98 Å². The van der Waals surface area contributed by atoms with E-state index >= 15 is 0 Å². The molecule has 3 rings (SSSR count). The quantitative estimate of drug-likeness (QED) is 0.907. The Hall–Kier alpha value is -0.530. The van der Waals surface area contributed by atoms with Crippen LogP contribution in [0.4, 0.5) is 0 Å². The van der Waals surface area contributed by atoms with Crippen LogP contribution >= 0.6 is 11.3 Å². The molecule has 1 N–H and O–H groups in total. The Bertz CT molecular complexity index is 418. The molecule has 2 saturated heterocycles. The van der Waals surface area contributed by atoms with Crippen LogP contribution in [-0.2, 0) is 20.8 Å². The summed E-state index contributed by atoms with van der Waals surface area (Å²) in [6, 6.07) is 0. The fourth-order valence-corrected chi connectivity index (χ4v) is 3.13. The van der Waals surface area contributed by atoms with Gasteiger partial charge in [-0.05, 0) is 6.92 Å². The second kappa shape index (κ2) is 5.85. The summed E-state index contributed by atoms with van der Waals surface area (Å²) >= 11 is 1.68. The molecule has 0 radical (unpaired) electrons. The Morgan fingerprint density at radius 2 is 2.32 bits per heavy atom. The molecule has 0 bridgehead atoms. The van der Waals surface area contributed by atoms with Crippen molar-refractivity contribution in [1.29, 1.82) is 0 Å². The van der Waals surface area contributed by atoms with Gasteiger partial charge in [-0.15, -0.1) is 11.3 Å². The second-order valence-electron chi connectivity index (χ2n) is 5.06. The first-order valence-electron chi connectivity index (χ1n) is 6.77. The Morgan fingerprint density at radius 1 is 1.47 bits per heavy atom. The Labute approximate surface area is 117 Å². The normalized spacial score (nSPS) is 26.1. The van der Waals surface area contributed by atoms with Gasteiger partial charge in [0.05, 0.1) is 36.6 Å². The Balaban J connectivity index is 1.42. The van der Waals surface area contributed by atoms with Crippen molar-refractivity contribution in [1.82, 2.24) is 10.3 Å². The van der Waals surface area contributed by atoms with Gasteiger partial charge in [-0.2, -0.15) is 0 Å². The second-order valence-corrected chi connectivity index (χ2v) is 6.12. The number of aryl methyl sites for hydroxylation is 1. The number of hydrogen-bond donors (Lipinski definition) is 1. The molecule has 1 unspecified atom stereocenters. The number of nitrogens with zero attached hydrogens (tertiary/aromatic N) is 1. The fourth-order valence-electron chi connectivity index (χ4n) is 2.51. The minimum atomic E-state index is -0.373. The van der Waals surface area contributed by atoms with Gasteiger partial charge < -0.3 is 19.5 Å². The molecule has 5 nitrogen and oxygen atoms in total. The monoisotopic (exact) mass is 284 g/mol. The molecular formula is C13H20N2O3S. The summed E-state index contributed by atoms with van der Waals surface area (Å²) in [5, 5.41) is 6.59. The van der Waals surface area contributed by atoms with Crippen LogP contribution in [0.15, 0.2) is 5.38 Å². The van der Waals surface area contributed by atoms with Crippen molar-refractivity contribution >= 4 is 11.3 Å². The maximum absolute atomic E-state index is 6.05. The van der Waals surface area contributed by atoms with Crippen molar-refractivity contribution in [3.8, 4) is 0 Å². The van der Waals surface area contributed by atoms with E-state index in [9.17, 15) is 0 Å². The number of nitrogens with one attached hydrogen (secondary N) is 1. The lowest BCUT2D eigenvalue weighted by Crippen LogP contribution is -2.39. The first-order chi connectivity index (χ1) is 9.26. The highest BCUT2D eigenvalue weighted by atomic mass is 32.1. The summed E-state index contributed by atoms with van der Waals surface area (Å²) in [6.07, 6.45) is 1.82. The SMILES string of the molecule is Cc1nc(CNCC2COC3(CCOCC3)O2)cs1. The average Bonchev–Trinajstić information content (AvgIpc) is 2.99. The van der Waals surface area contributed by atoms with Crippen LogP contribution < -0.4 is 5.32 Å². The predicted octanol–water partition coefficient (Wildman–Crippen LogP) is 1.46. The van der Waals surface area contributed by atoms with Gasteiger partial charge >= 0.3 is 0 Å². The molecule has 0 aliphatic carbocycles. The van der Waals surface area contributed by atoms with Gasteiger partial charge in [0.25, 0.3) is 0 Å². The lowest BCUT2D eigenvalue weighted by atomic mass is 10.1. The summed E-state index contributed by atoms with van der Waals surface area (Å²) in [4.78, 5) is 4.43. The van der Waals surface area contributed by atoms with Crippen molar-refractivity contribution in [2.45, 2.75) is 38.2 Å². The minimum Gasteiger partial charge on any atom is -0.381 e. The molecule has 2 fully saturated rings. The van der Waals surface area contributed by atoms with E-state index < -0.39 is 0 Å². The molecule has 1 aromatic heterocycles. The third-order valence-electron chi connectivity index (χ3n) is 3.51. The molecule has 3 heterocycles. The molecule has 1 aromatic rings. The van der Waals surface area contributed by atoms with Gasteiger partial charge in [0.15, 0.2) is 5.79 Å². The molecule has 106 valence electrons. The van der Waals surface area contributed by atoms with E-state index in [1.54, 1.807) is 11.3 Å². The number of ether oxygens (including phenoxy) is 3. The van der Waals surface area contributed by atoms with Gasteiger partial charge in [0.2, 0.25) is 0 Å². The summed E-state index contributed by atoms with van der Waals surface area (Å²) in [6.45, 7) is 5.76. The van der Waals surface area contributed by atoms with Crippen molar-refractivity contribution in [2.75, 3.05) is 26.4 Å². The first-order valence-corrected chi connectivity index (χ1v) is 7.65. The number of thiazole rings is 1. The molecular weight excluding hydrogens is 264 g/mol. The summed E-state index contributed by atoms with van der Waals surface area (Å²) in [7, 11) is 0. The zero-order chi connectivity index (χ0) is 13.1. The third kappa shape index (κ3) is 3.32. The molecule has 2 aliphatic rings. The summed E-state index contributed by atoms with van der Waals surface area (Å²) in [5.41, 5.74) is 1.10. The van der Waals surface area contributed by atoms with E-state index in [2.05, 4.69) is 15.7 Å². The average molecular weight is 284 g/mol. The van der Waals surface area contributed by atoms with Crippen molar-refractivity contribution < 1.29 is 14.2 Å². The summed E-state index contributed by atoms with van der Waals surface area (Å²) < 4.78 is 17.2. The minimum absolute atomic E-state index is 0.137. The number of rotatable bonds is 4. The van der Waals surface area contributed by atoms with Gasteiger partial charge in [0.1, 0.15) is 0 Å². The molecule has 19 heavy (non-hydrogen) atoms. The topological polar surface area (TPSA) is 52.6 Å². The standard InChI is InChI=1S/C13H20N2O3S/c1-10-15-11(9-19-10)6-14-7-12-8-17-13(18-12)2-4-16-5-3-13/h9,12,14H,2-8H2,1H3. The molecule has 1 spiro atoms. The highest BCUT2D eigenvalue weighted by Crippen LogP contribution is 2.32. The Kier molecular flexibility index (Phi) is 4.14. The summed E-state index contributed by atoms with van der Waals surface area (Å²) in [5.74, 6) is -0.373. The van der Waals surface area contributed by atoms with Crippen LogP contribution in [0.5, 0.6) is 0 Å². The molecule has 0 aromatic carbocycles. The predicted molar refractivity (Wildman–Crippen MR) is 72.2 cm³/mol. The third-order valence-corrected chi connectivity index (χ3v) is 4.34. The number of aromatic nitrogens is 1. The lowest BCUT2D eigenvalue weighted by molar-refractivity contribution is -0.210. The molecule has 0 saturated carbocycles. The van der Waals surface area contributed by atoms with E-state index in [1.807, 2.05) is 6.92 Å². The smallest absolute Gasteiger partial charge is 0.173 e. The lowest BCUT2D eigenvalue weighted by Gasteiger charge is -2.31. The molecule has 0 amide bonds. The zero-order valence-corrected chi connectivity index (χ0v) is 12.0. The van der Waals surface area contributed by atoms with Crippen LogP contribution in [0.1, 0.15) is 23.5 Å². The number of hydrogen-bond acceptors (Lipinski definition) is 6. The highest BCUT2D eigenvalue weighted by Gasteiger charge is 2.42. The van der Waals surface area contributed by atoms with Gasteiger partial charge in [-0.3, -0.25) is 0 Å². The van der Waals surface area contributed by atoms with E-state index in [4.69, 9.17) is 14.2 Å². The molecule has 2 aliphatic heterocycles. The van der Waals surface area contributed by atoms with Crippen LogP contribution in [-0.4, -0.2) is 43.2 Å². The fraction of sp³-hybridized carbons (Fsp3) is 0.769. The molecule has 1 atom stereocenters. The van der Waals surface area contributed by atoms with Gasteiger partial charge in [-0.1, -0.05) is 0 Å². The molecule has 6 heteroatoms. The maximum atomic E-state index is 6.05. The van der Waals surface area contributed by atoms with Crippen LogP contribution in [0.25, 0.3) is 0 Å². The largest absolute Gasteiger partial charge is 0.381 e. The highest BCUT2D eigenvalue weighted by molar-refractivity contribution is 7.09. The van der Waals surface area contributed by atoms with E-state index in [0.29, 0.717) is 6.61 Å². The van der Waals surface area contributed by atoms with Crippen molar-refractivity contribution in [2.24, 2.45) is 0 Å².